The lowest BCUT2D eigenvalue weighted by Crippen LogP contribution is -2.23. The van der Waals surface area contributed by atoms with E-state index in [9.17, 15) is 12.8 Å². The van der Waals surface area contributed by atoms with E-state index in [1.807, 2.05) is 0 Å². The molecule has 0 fully saturated rings. The summed E-state index contributed by atoms with van der Waals surface area (Å²) in [6, 6.07) is 5.95. The van der Waals surface area contributed by atoms with Gasteiger partial charge < -0.3 is 0 Å². The highest BCUT2D eigenvalue weighted by Gasteiger charge is 2.19. The number of rotatable bonds is 4. The summed E-state index contributed by atoms with van der Waals surface area (Å²) in [5, 5.41) is 0. The molecule has 0 aliphatic carbocycles. The summed E-state index contributed by atoms with van der Waals surface area (Å²) in [4.78, 5) is 0.892. The third-order valence-electron chi connectivity index (χ3n) is 2.59. The predicted molar refractivity (Wildman–Crippen MR) is 84.9 cm³/mol. The van der Waals surface area contributed by atoms with Crippen molar-refractivity contribution in [2.75, 3.05) is 0 Å². The first-order chi connectivity index (χ1) is 9.29. The molecular weight excluding hydrogens is 433 g/mol. The second-order valence-electron chi connectivity index (χ2n) is 4.03. The number of hydrogen-bond acceptors (Lipinski definition) is 3. The minimum atomic E-state index is -3.65. The van der Waals surface area contributed by atoms with Gasteiger partial charge in [-0.15, -0.1) is 11.3 Å². The Hall–Kier alpha value is -0.280. The van der Waals surface area contributed by atoms with Crippen LogP contribution in [0.2, 0.25) is 0 Å². The molecule has 0 atom stereocenters. The van der Waals surface area contributed by atoms with Gasteiger partial charge in [0.25, 0.3) is 0 Å². The molecule has 0 unspecified atom stereocenters. The average molecular weight is 443 g/mol. The number of hydrogen-bond donors (Lipinski definition) is 1. The highest BCUT2D eigenvalue weighted by Crippen LogP contribution is 2.29. The van der Waals surface area contributed by atoms with Crippen LogP contribution in [0, 0.1) is 12.7 Å². The molecular formula is C12H10Br2FNO2S2. The van der Waals surface area contributed by atoms with Crippen LogP contribution in [-0.2, 0) is 16.6 Å². The van der Waals surface area contributed by atoms with Gasteiger partial charge in [-0.25, -0.2) is 17.5 Å². The molecule has 0 spiro atoms. The van der Waals surface area contributed by atoms with Gasteiger partial charge in [-0.1, -0.05) is 15.9 Å². The fourth-order valence-corrected chi connectivity index (χ4v) is 5.45. The van der Waals surface area contributed by atoms with Crippen molar-refractivity contribution >= 4 is 53.2 Å². The van der Waals surface area contributed by atoms with E-state index < -0.39 is 15.8 Å². The van der Waals surface area contributed by atoms with Gasteiger partial charge in [0.15, 0.2) is 0 Å². The van der Waals surface area contributed by atoms with E-state index in [0.29, 0.717) is 9.35 Å². The van der Waals surface area contributed by atoms with Crippen molar-refractivity contribution in [1.82, 2.24) is 4.72 Å². The van der Waals surface area contributed by atoms with Crippen molar-refractivity contribution in [2.45, 2.75) is 18.4 Å². The molecule has 1 heterocycles. The molecule has 0 amide bonds. The maximum absolute atomic E-state index is 13.6. The first kappa shape index (κ1) is 16.1. The Morgan fingerprint density at radius 1 is 1.30 bits per heavy atom. The topological polar surface area (TPSA) is 46.2 Å². The molecule has 0 aliphatic rings. The second-order valence-corrected chi connectivity index (χ2v) is 9.32. The van der Waals surface area contributed by atoms with Crippen molar-refractivity contribution in [3.05, 3.63) is 48.8 Å². The van der Waals surface area contributed by atoms with Crippen LogP contribution in [0.15, 0.2) is 37.4 Å². The third kappa shape index (κ3) is 3.67. The Morgan fingerprint density at radius 3 is 2.60 bits per heavy atom. The molecule has 1 aromatic carbocycles. The summed E-state index contributed by atoms with van der Waals surface area (Å²) in [5.74, 6) is -0.445. The summed E-state index contributed by atoms with van der Waals surface area (Å²) in [7, 11) is -3.65. The Balaban J connectivity index is 2.21. The van der Waals surface area contributed by atoms with Crippen LogP contribution in [0.5, 0.6) is 0 Å². The molecule has 108 valence electrons. The number of thiophene rings is 1. The van der Waals surface area contributed by atoms with E-state index in [-0.39, 0.29) is 17.0 Å². The van der Waals surface area contributed by atoms with Crippen LogP contribution in [0.1, 0.15) is 10.4 Å². The van der Waals surface area contributed by atoms with E-state index in [1.54, 1.807) is 25.1 Å². The minimum absolute atomic E-state index is 0.0967. The number of sulfonamides is 1. The van der Waals surface area contributed by atoms with Crippen LogP contribution in [0.25, 0.3) is 0 Å². The Kier molecular flexibility index (Phi) is 5.01. The monoisotopic (exact) mass is 441 g/mol. The molecule has 0 aliphatic heterocycles. The highest BCUT2D eigenvalue weighted by molar-refractivity contribution is 9.11. The molecule has 0 bridgehead atoms. The van der Waals surface area contributed by atoms with Crippen molar-refractivity contribution in [2.24, 2.45) is 0 Å². The maximum Gasteiger partial charge on any atom is 0.242 e. The Labute approximate surface area is 137 Å². The molecule has 0 saturated heterocycles. The SMILES string of the molecule is Cc1sc(Br)cc1S(=O)(=O)NCc1cc(Br)ccc1F. The van der Waals surface area contributed by atoms with Gasteiger partial charge in [0.05, 0.1) is 8.68 Å². The molecule has 8 heteroatoms. The quantitative estimate of drug-likeness (QED) is 0.771. The Bertz CT molecular complexity index is 744. The van der Waals surface area contributed by atoms with Crippen LogP contribution in [0.3, 0.4) is 0 Å². The van der Waals surface area contributed by atoms with Gasteiger partial charge in [-0.05, 0) is 47.1 Å². The number of halogens is 3. The van der Waals surface area contributed by atoms with Crippen molar-refractivity contribution in [3.63, 3.8) is 0 Å². The van der Waals surface area contributed by atoms with E-state index >= 15 is 0 Å². The fourth-order valence-electron chi connectivity index (χ4n) is 1.63. The molecule has 0 radical (unpaired) electrons. The average Bonchev–Trinajstić information content (AvgIpc) is 2.70. The molecule has 0 saturated carbocycles. The zero-order valence-corrected chi connectivity index (χ0v) is 15.1. The number of aryl methyl sites for hydroxylation is 1. The molecule has 1 N–H and O–H groups in total. The van der Waals surface area contributed by atoms with Crippen molar-refractivity contribution in [1.29, 1.82) is 0 Å². The molecule has 3 nitrogen and oxygen atoms in total. The zero-order chi connectivity index (χ0) is 14.9. The smallest absolute Gasteiger partial charge is 0.207 e. The van der Waals surface area contributed by atoms with E-state index in [4.69, 9.17) is 0 Å². The van der Waals surface area contributed by atoms with Crippen LogP contribution < -0.4 is 4.72 Å². The standard InChI is InChI=1S/C12H10Br2FNO2S2/c1-7-11(5-12(14)19-7)20(17,18)16-6-8-4-9(13)2-3-10(8)15/h2-5,16H,6H2,1H3. The summed E-state index contributed by atoms with van der Waals surface area (Å²) in [6.07, 6.45) is 0. The van der Waals surface area contributed by atoms with Crippen LogP contribution in [0.4, 0.5) is 4.39 Å². The minimum Gasteiger partial charge on any atom is -0.207 e. The maximum atomic E-state index is 13.6. The normalized spacial score (nSPS) is 11.8. The fraction of sp³-hybridized carbons (Fsp3) is 0.167. The third-order valence-corrected chi connectivity index (χ3v) is 6.30. The largest absolute Gasteiger partial charge is 0.242 e. The summed E-state index contributed by atoms with van der Waals surface area (Å²) >= 11 is 7.82. The second kappa shape index (κ2) is 6.23. The van der Waals surface area contributed by atoms with Gasteiger partial charge >= 0.3 is 0 Å². The predicted octanol–water partition coefficient (Wildman–Crippen LogP) is 4.20. The van der Waals surface area contributed by atoms with E-state index in [1.165, 1.54) is 17.4 Å². The number of nitrogens with one attached hydrogen (secondary N) is 1. The Morgan fingerprint density at radius 2 is 2.00 bits per heavy atom. The van der Waals surface area contributed by atoms with Crippen LogP contribution in [-0.4, -0.2) is 8.42 Å². The van der Waals surface area contributed by atoms with Gasteiger partial charge in [0.2, 0.25) is 10.0 Å². The summed E-state index contributed by atoms with van der Waals surface area (Å²) in [5.41, 5.74) is 0.287. The van der Waals surface area contributed by atoms with Gasteiger partial charge in [-0.2, -0.15) is 0 Å². The first-order valence-corrected chi connectivity index (χ1v) is 9.37. The molecule has 2 aromatic rings. The number of benzene rings is 1. The van der Waals surface area contributed by atoms with E-state index in [2.05, 4.69) is 36.6 Å². The summed E-state index contributed by atoms with van der Waals surface area (Å²) in [6.45, 7) is 1.63. The zero-order valence-electron chi connectivity index (χ0n) is 10.3. The lowest BCUT2D eigenvalue weighted by molar-refractivity contribution is 0.574. The lowest BCUT2D eigenvalue weighted by Gasteiger charge is -2.07. The first-order valence-electron chi connectivity index (χ1n) is 5.49. The molecule has 20 heavy (non-hydrogen) atoms. The summed E-state index contributed by atoms with van der Waals surface area (Å²) < 4.78 is 41.8. The molecule has 2 rings (SSSR count). The highest BCUT2D eigenvalue weighted by atomic mass is 79.9. The molecule has 1 aromatic heterocycles. The van der Waals surface area contributed by atoms with Gasteiger partial charge in [-0.3, -0.25) is 0 Å². The lowest BCUT2D eigenvalue weighted by atomic mass is 10.2. The van der Waals surface area contributed by atoms with Gasteiger partial charge in [0, 0.05) is 21.5 Å². The van der Waals surface area contributed by atoms with Gasteiger partial charge in [0.1, 0.15) is 5.82 Å². The van der Waals surface area contributed by atoms with E-state index in [0.717, 1.165) is 3.79 Å². The van der Waals surface area contributed by atoms with Crippen molar-refractivity contribution < 1.29 is 12.8 Å². The van der Waals surface area contributed by atoms with Crippen LogP contribution >= 0.6 is 43.2 Å². The van der Waals surface area contributed by atoms with Crippen molar-refractivity contribution in [3.8, 4) is 0 Å².